The van der Waals surface area contributed by atoms with Gasteiger partial charge in [-0.1, -0.05) is 26.2 Å². The molecule has 4 unspecified atom stereocenters. The molecule has 1 aliphatic carbocycles. The largest absolute Gasteiger partial charge is 0.298 e. The zero-order chi connectivity index (χ0) is 13.2. The van der Waals surface area contributed by atoms with Gasteiger partial charge in [-0.3, -0.25) is 9.80 Å². The van der Waals surface area contributed by atoms with Crippen LogP contribution in [0.15, 0.2) is 0 Å². The number of hydrogen-bond acceptors (Lipinski definition) is 2. The Morgan fingerprint density at radius 3 is 2.74 bits per heavy atom. The van der Waals surface area contributed by atoms with E-state index in [-0.39, 0.29) is 0 Å². The van der Waals surface area contributed by atoms with Crippen LogP contribution in [-0.2, 0) is 0 Å². The van der Waals surface area contributed by atoms with Gasteiger partial charge in [0.25, 0.3) is 0 Å². The quantitative estimate of drug-likeness (QED) is 0.771. The predicted molar refractivity (Wildman–Crippen MR) is 81.4 cm³/mol. The second kappa shape index (κ2) is 6.13. The number of rotatable bonds is 3. The highest BCUT2D eigenvalue weighted by molar-refractivity contribution is 4.90. The van der Waals surface area contributed by atoms with Gasteiger partial charge in [-0.2, -0.15) is 0 Å². The van der Waals surface area contributed by atoms with Crippen LogP contribution in [0.25, 0.3) is 0 Å². The number of nitrogens with zero attached hydrogens (tertiary/aromatic N) is 2. The summed E-state index contributed by atoms with van der Waals surface area (Å²) in [5, 5.41) is 0. The van der Waals surface area contributed by atoms with Crippen molar-refractivity contribution in [3.63, 3.8) is 0 Å². The van der Waals surface area contributed by atoms with Gasteiger partial charge in [0, 0.05) is 25.2 Å². The highest BCUT2D eigenvalue weighted by atomic mass is 15.3. The average Bonchev–Trinajstić information content (AvgIpc) is 2.83. The molecule has 3 aliphatic rings. The van der Waals surface area contributed by atoms with Crippen LogP contribution in [0.2, 0.25) is 0 Å². The number of hydrogen-bond donors (Lipinski definition) is 0. The van der Waals surface area contributed by atoms with E-state index in [9.17, 15) is 0 Å². The Bertz CT molecular complexity index is 291. The fraction of sp³-hybridized carbons (Fsp3) is 1.00. The van der Waals surface area contributed by atoms with E-state index in [1.54, 1.807) is 0 Å². The first-order chi connectivity index (χ1) is 9.22. The summed E-state index contributed by atoms with van der Waals surface area (Å²) >= 11 is 0. The maximum Gasteiger partial charge on any atom is 0.0224 e. The van der Waals surface area contributed by atoms with Crippen LogP contribution in [0, 0.1) is 11.8 Å². The van der Waals surface area contributed by atoms with Crippen molar-refractivity contribution in [1.82, 2.24) is 9.80 Å². The van der Waals surface area contributed by atoms with Crippen molar-refractivity contribution in [2.75, 3.05) is 26.2 Å². The smallest absolute Gasteiger partial charge is 0.0224 e. The third-order valence-corrected chi connectivity index (χ3v) is 5.94. The van der Waals surface area contributed by atoms with Crippen LogP contribution in [0.3, 0.4) is 0 Å². The van der Waals surface area contributed by atoms with Crippen molar-refractivity contribution in [2.45, 2.75) is 70.9 Å². The van der Waals surface area contributed by atoms with Gasteiger partial charge in [0.15, 0.2) is 0 Å². The lowest BCUT2D eigenvalue weighted by Gasteiger charge is -2.43. The molecule has 0 aromatic carbocycles. The molecule has 2 heteroatoms. The van der Waals surface area contributed by atoms with Gasteiger partial charge in [-0.15, -0.1) is 0 Å². The Morgan fingerprint density at radius 1 is 1.00 bits per heavy atom. The maximum absolute atomic E-state index is 2.80. The molecule has 0 spiro atoms. The molecule has 3 rings (SSSR count). The molecule has 2 heterocycles. The first kappa shape index (κ1) is 13.9. The van der Waals surface area contributed by atoms with E-state index in [0.717, 1.165) is 23.9 Å². The molecule has 19 heavy (non-hydrogen) atoms. The molecule has 0 radical (unpaired) electrons. The minimum absolute atomic E-state index is 0.787. The van der Waals surface area contributed by atoms with Crippen LogP contribution in [0.1, 0.15) is 58.8 Å². The van der Waals surface area contributed by atoms with E-state index in [4.69, 9.17) is 0 Å². The first-order valence-corrected chi connectivity index (χ1v) is 8.70. The number of fused-ring (bicyclic) bond motifs is 1. The summed E-state index contributed by atoms with van der Waals surface area (Å²) in [6, 6.07) is 1.68. The Labute approximate surface area is 119 Å². The number of piperazine rings is 1. The Morgan fingerprint density at radius 2 is 1.89 bits per heavy atom. The monoisotopic (exact) mass is 264 g/mol. The van der Waals surface area contributed by atoms with Crippen molar-refractivity contribution < 1.29 is 0 Å². The molecule has 0 aromatic rings. The first-order valence-electron chi connectivity index (χ1n) is 8.70. The second-order valence-electron chi connectivity index (χ2n) is 7.56. The minimum atomic E-state index is 0.787. The molecule has 110 valence electrons. The van der Waals surface area contributed by atoms with Crippen molar-refractivity contribution in [3.8, 4) is 0 Å². The van der Waals surface area contributed by atoms with Crippen LogP contribution in [-0.4, -0.2) is 48.1 Å². The van der Waals surface area contributed by atoms with Crippen molar-refractivity contribution in [2.24, 2.45) is 11.8 Å². The van der Waals surface area contributed by atoms with Crippen LogP contribution >= 0.6 is 0 Å². The van der Waals surface area contributed by atoms with E-state index >= 15 is 0 Å². The second-order valence-corrected chi connectivity index (χ2v) is 7.56. The summed E-state index contributed by atoms with van der Waals surface area (Å²) < 4.78 is 0. The molecular formula is C17H32N2. The molecule has 0 N–H and O–H groups in total. The van der Waals surface area contributed by atoms with E-state index in [0.29, 0.717) is 0 Å². The zero-order valence-corrected chi connectivity index (χ0v) is 13.0. The summed E-state index contributed by atoms with van der Waals surface area (Å²) in [6.07, 6.45) is 10.3. The summed E-state index contributed by atoms with van der Waals surface area (Å²) in [6.45, 7) is 10.3. The molecule has 3 fully saturated rings. The fourth-order valence-electron chi connectivity index (χ4n) is 4.73. The molecule has 0 bridgehead atoms. The topological polar surface area (TPSA) is 6.48 Å². The normalized spacial score (nSPS) is 41.4. The molecule has 2 nitrogen and oxygen atoms in total. The van der Waals surface area contributed by atoms with E-state index < -0.39 is 0 Å². The average molecular weight is 264 g/mol. The lowest BCUT2D eigenvalue weighted by molar-refractivity contribution is 0.0530. The van der Waals surface area contributed by atoms with Gasteiger partial charge in [-0.25, -0.2) is 0 Å². The third kappa shape index (κ3) is 3.33. The van der Waals surface area contributed by atoms with Gasteiger partial charge in [0.1, 0.15) is 0 Å². The molecular weight excluding hydrogens is 232 g/mol. The maximum atomic E-state index is 2.80. The summed E-state index contributed by atoms with van der Waals surface area (Å²) in [7, 11) is 0. The Balaban J connectivity index is 1.46. The summed E-state index contributed by atoms with van der Waals surface area (Å²) in [5.41, 5.74) is 0. The van der Waals surface area contributed by atoms with E-state index in [1.807, 2.05) is 0 Å². The highest BCUT2D eigenvalue weighted by Crippen LogP contribution is 2.31. The Kier molecular flexibility index (Phi) is 4.48. The Hall–Kier alpha value is -0.0800. The summed E-state index contributed by atoms with van der Waals surface area (Å²) in [5.74, 6) is 2.01. The van der Waals surface area contributed by atoms with Crippen molar-refractivity contribution in [1.29, 1.82) is 0 Å². The van der Waals surface area contributed by atoms with Crippen LogP contribution in [0.4, 0.5) is 0 Å². The van der Waals surface area contributed by atoms with Crippen molar-refractivity contribution in [3.05, 3.63) is 0 Å². The van der Waals surface area contributed by atoms with E-state index in [1.165, 1.54) is 71.1 Å². The van der Waals surface area contributed by atoms with Gasteiger partial charge < -0.3 is 0 Å². The highest BCUT2D eigenvalue weighted by Gasteiger charge is 2.34. The van der Waals surface area contributed by atoms with Crippen LogP contribution in [0.5, 0.6) is 0 Å². The molecule has 2 aliphatic heterocycles. The minimum Gasteiger partial charge on any atom is -0.298 e. The summed E-state index contributed by atoms with van der Waals surface area (Å²) in [4.78, 5) is 5.54. The van der Waals surface area contributed by atoms with Gasteiger partial charge in [0.2, 0.25) is 0 Å². The van der Waals surface area contributed by atoms with Gasteiger partial charge in [-0.05, 0) is 57.5 Å². The lowest BCUT2D eigenvalue weighted by atomic mass is 9.81. The molecule has 2 saturated heterocycles. The molecule has 1 saturated carbocycles. The van der Waals surface area contributed by atoms with Gasteiger partial charge in [0.05, 0.1) is 0 Å². The van der Waals surface area contributed by atoms with E-state index in [2.05, 4.69) is 23.6 Å². The SMILES string of the molecule is CC1CCCC(CCN2CC3CCCN3CC2C)C1. The molecule has 0 aromatic heterocycles. The molecule has 4 atom stereocenters. The molecule has 0 amide bonds. The third-order valence-electron chi connectivity index (χ3n) is 5.94. The standard InChI is InChI=1S/C17H32N2/c1-14-5-3-6-16(11-14)8-10-18-13-17-7-4-9-19(17)12-15(18)2/h14-17H,3-13H2,1-2H3. The predicted octanol–water partition coefficient (Wildman–Crippen LogP) is 3.37. The van der Waals surface area contributed by atoms with Crippen LogP contribution < -0.4 is 0 Å². The zero-order valence-electron chi connectivity index (χ0n) is 13.0. The van der Waals surface area contributed by atoms with Crippen molar-refractivity contribution >= 4 is 0 Å². The van der Waals surface area contributed by atoms with Gasteiger partial charge >= 0.3 is 0 Å². The lowest BCUT2D eigenvalue weighted by Crippen LogP contribution is -2.55. The fourth-order valence-corrected chi connectivity index (χ4v) is 4.73.